The monoisotopic (exact) mass is 363 g/mol. The van der Waals surface area contributed by atoms with Gasteiger partial charge in [-0.05, 0) is 23.2 Å². The molecule has 0 saturated heterocycles. The molecule has 0 saturated carbocycles. The lowest BCUT2D eigenvalue weighted by Crippen LogP contribution is -2.26. The summed E-state index contributed by atoms with van der Waals surface area (Å²) >= 11 is 0. The first-order valence-electron chi connectivity index (χ1n) is 7.47. The van der Waals surface area contributed by atoms with Crippen LogP contribution in [-0.2, 0) is 10.0 Å². The van der Waals surface area contributed by atoms with Gasteiger partial charge in [-0.3, -0.25) is 0 Å². The van der Waals surface area contributed by atoms with E-state index in [0.717, 1.165) is 6.07 Å². The third-order valence-electron chi connectivity index (χ3n) is 2.97. The molecule has 2 aromatic rings. The second-order valence-corrected chi connectivity index (χ2v) is 6.28. The van der Waals surface area contributed by atoms with Crippen LogP contribution in [0, 0.1) is 23.5 Å². The van der Waals surface area contributed by atoms with Gasteiger partial charge in [0.05, 0.1) is 11.9 Å². The summed E-state index contributed by atoms with van der Waals surface area (Å²) in [5.41, 5.74) is 8.68. The van der Waals surface area contributed by atoms with Crippen molar-refractivity contribution in [1.29, 1.82) is 0 Å². The second-order valence-electron chi connectivity index (χ2n) is 4.82. The maximum absolute atomic E-state index is 13.5. The highest BCUT2D eigenvalue weighted by atomic mass is 32.2. The first kappa shape index (κ1) is 16.9. The molecule has 2 aromatic carbocycles. The zero-order valence-corrected chi connectivity index (χ0v) is 13.5. The average molecular weight is 363 g/mol. The molecular weight excluding hydrogens is 350 g/mol. The van der Waals surface area contributed by atoms with Gasteiger partial charge in [0, 0.05) is 11.8 Å². The molecule has 25 heavy (non-hydrogen) atoms. The van der Waals surface area contributed by atoms with Crippen molar-refractivity contribution in [3.05, 3.63) is 75.7 Å². The summed E-state index contributed by atoms with van der Waals surface area (Å²) in [5.74, 6) is 2.71. The maximum atomic E-state index is 13.5. The van der Waals surface area contributed by atoms with Crippen molar-refractivity contribution >= 4 is 15.7 Å². The van der Waals surface area contributed by atoms with E-state index in [1.807, 2.05) is 0 Å². The van der Waals surface area contributed by atoms with Gasteiger partial charge in [-0.2, -0.15) is 4.72 Å². The minimum Gasteiger partial charge on any atom is -0.213 e. The van der Waals surface area contributed by atoms with Crippen LogP contribution < -0.4 is 4.72 Å². The molecule has 0 aliphatic heterocycles. The molecule has 0 amide bonds. The normalized spacial score (nSPS) is 12.3. The fourth-order valence-corrected chi connectivity index (χ4v) is 2.48. The Morgan fingerprint density at radius 3 is 2.60 bits per heavy atom. The predicted octanol–water partition coefficient (Wildman–Crippen LogP) is 3.55. The molecule has 0 aliphatic carbocycles. The Balaban J connectivity index is 2.51. The first-order chi connectivity index (χ1) is 12.4. The van der Waals surface area contributed by atoms with E-state index in [1.54, 1.807) is 30.3 Å². The van der Waals surface area contributed by atoms with Crippen LogP contribution in [0.5, 0.6) is 0 Å². The van der Waals surface area contributed by atoms with Crippen LogP contribution in [0.15, 0.2) is 47.6 Å². The van der Waals surface area contributed by atoms with Gasteiger partial charge in [0.1, 0.15) is 6.04 Å². The topological polar surface area (TPSA) is 94.9 Å². The third-order valence-corrected chi connectivity index (χ3v) is 3.57. The Bertz CT molecular complexity index is 1010. The average Bonchev–Trinajstić information content (AvgIpc) is 2.63. The number of rotatable bonds is 4. The number of hydrogen-bond acceptors (Lipinski definition) is 3. The summed E-state index contributed by atoms with van der Waals surface area (Å²) in [4.78, 5) is 2.53. The van der Waals surface area contributed by atoms with Crippen LogP contribution in [0.4, 0.5) is 14.5 Å². The molecule has 1 unspecified atom stereocenters. The Morgan fingerprint density at radius 2 is 1.96 bits per heavy atom. The molecule has 6 nitrogen and oxygen atoms in total. The van der Waals surface area contributed by atoms with Gasteiger partial charge in [0.15, 0.2) is 11.6 Å². The van der Waals surface area contributed by atoms with Crippen molar-refractivity contribution in [2.24, 2.45) is 5.11 Å². The molecule has 0 aromatic heterocycles. The van der Waals surface area contributed by atoms with E-state index in [2.05, 4.69) is 26.6 Å². The molecule has 2 rings (SSSR count). The van der Waals surface area contributed by atoms with Gasteiger partial charge in [-0.1, -0.05) is 47.3 Å². The number of nitrogens with zero attached hydrogens (tertiary/aromatic N) is 3. The first-order valence-corrected chi connectivity index (χ1v) is 8.41. The van der Waals surface area contributed by atoms with Crippen molar-refractivity contribution in [1.82, 2.24) is 4.72 Å². The van der Waals surface area contributed by atoms with Gasteiger partial charge in [0.2, 0.25) is 10.0 Å². The zero-order chi connectivity index (χ0) is 19.2. The van der Waals surface area contributed by atoms with Crippen molar-refractivity contribution in [2.75, 3.05) is 6.23 Å². The van der Waals surface area contributed by atoms with E-state index in [-0.39, 0.29) is 11.3 Å². The zero-order valence-electron chi connectivity index (χ0n) is 13.6. The Kier molecular flexibility index (Phi) is 5.26. The lowest BCUT2D eigenvalue weighted by atomic mass is 10.1. The van der Waals surface area contributed by atoms with E-state index >= 15 is 0 Å². The molecule has 0 heterocycles. The van der Waals surface area contributed by atoms with Crippen molar-refractivity contribution in [3.8, 4) is 11.8 Å². The fraction of sp³-hybridized carbons (Fsp3) is 0.125. The number of hydrogen-bond donors (Lipinski definition) is 1. The van der Waals surface area contributed by atoms with Crippen molar-refractivity contribution < 1.29 is 18.6 Å². The number of azide groups is 1. The molecule has 1 atom stereocenters. The molecule has 0 fully saturated rings. The van der Waals surface area contributed by atoms with Gasteiger partial charge in [0.25, 0.3) is 0 Å². The summed E-state index contributed by atoms with van der Waals surface area (Å²) in [7, 11) is -3.91. The number of nitrogens with one attached hydrogen (secondary N) is 1. The van der Waals surface area contributed by atoms with Crippen LogP contribution in [0.1, 0.15) is 18.5 Å². The lowest BCUT2D eigenvalue weighted by Gasteiger charge is -2.11. The van der Waals surface area contributed by atoms with Gasteiger partial charge < -0.3 is 0 Å². The third kappa shape index (κ3) is 5.29. The molecule has 1 N–H and O–H groups in total. The lowest BCUT2D eigenvalue weighted by molar-refractivity contribution is 0.508. The minimum atomic E-state index is -3.91. The number of halogens is 2. The predicted molar refractivity (Wildman–Crippen MR) is 89.2 cm³/mol. The Morgan fingerprint density at radius 1 is 1.28 bits per heavy atom. The fourth-order valence-electron chi connectivity index (χ4n) is 1.92. The summed E-state index contributed by atoms with van der Waals surface area (Å²) < 4.78 is 59.5. The summed E-state index contributed by atoms with van der Waals surface area (Å²) in [6.07, 6.45) is -0.896. The largest absolute Gasteiger partial charge is 0.213 e. The second kappa shape index (κ2) is 7.77. The van der Waals surface area contributed by atoms with Crippen LogP contribution in [0.3, 0.4) is 0 Å². The standard InChI is InChI=1S/C16H12F2N4O2S/c1-25(23,24)21-15(11-5-3-2-4-6-11)8-7-12-9-13(17)14(18)10-16(12)20-22-19/h2-6,9-10,15,21H,1H3/i1D. The number of benzene rings is 2. The van der Waals surface area contributed by atoms with Crippen LogP contribution in [0.2, 0.25) is 0 Å². The van der Waals surface area contributed by atoms with Crippen molar-refractivity contribution in [3.63, 3.8) is 0 Å². The Labute approximate surface area is 144 Å². The summed E-state index contributed by atoms with van der Waals surface area (Å²) in [6.45, 7) is 0. The highest BCUT2D eigenvalue weighted by Gasteiger charge is 2.14. The summed E-state index contributed by atoms with van der Waals surface area (Å²) in [6, 6.07) is 8.72. The van der Waals surface area contributed by atoms with E-state index in [4.69, 9.17) is 6.90 Å². The maximum Gasteiger partial charge on any atom is 0.210 e. The quantitative estimate of drug-likeness (QED) is 0.389. The molecule has 9 heteroatoms. The van der Waals surface area contributed by atoms with Crippen molar-refractivity contribution in [2.45, 2.75) is 6.04 Å². The Hall–Kier alpha value is -2.92. The van der Waals surface area contributed by atoms with Crippen LogP contribution in [-0.4, -0.2) is 14.6 Å². The van der Waals surface area contributed by atoms with Crippen LogP contribution >= 0.6 is 0 Å². The van der Waals surface area contributed by atoms with E-state index < -0.39 is 33.9 Å². The molecule has 0 aliphatic rings. The summed E-state index contributed by atoms with van der Waals surface area (Å²) in [5, 5.41) is 3.25. The molecular formula is C16H12F2N4O2S. The van der Waals surface area contributed by atoms with Gasteiger partial charge >= 0.3 is 0 Å². The molecule has 0 bridgehead atoms. The highest BCUT2D eigenvalue weighted by Crippen LogP contribution is 2.23. The number of sulfonamides is 1. The minimum absolute atomic E-state index is 0.104. The molecule has 128 valence electrons. The smallest absolute Gasteiger partial charge is 0.210 e. The highest BCUT2D eigenvalue weighted by molar-refractivity contribution is 7.88. The van der Waals surface area contributed by atoms with Crippen LogP contribution in [0.25, 0.3) is 10.4 Å². The van der Waals surface area contributed by atoms with Gasteiger partial charge in [-0.15, -0.1) is 0 Å². The molecule has 0 spiro atoms. The van der Waals surface area contributed by atoms with Gasteiger partial charge in [-0.25, -0.2) is 17.2 Å². The van der Waals surface area contributed by atoms with E-state index in [9.17, 15) is 17.2 Å². The van der Waals surface area contributed by atoms with E-state index in [1.165, 1.54) is 0 Å². The van der Waals surface area contributed by atoms with E-state index in [0.29, 0.717) is 11.6 Å². The molecule has 0 radical (unpaired) electrons. The SMILES string of the molecule is [2H]CS(=O)(=O)NC(C#Cc1cc(F)c(F)cc1N=[N+]=[N-])c1ccccc1.